The maximum absolute atomic E-state index is 6.23. The number of halogens is 2. The highest BCUT2D eigenvalue weighted by molar-refractivity contribution is 6.38. The van der Waals surface area contributed by atoms with Gasteiger partial charge in [-0.05, 0) is 38.1 Å². The zero-order valence-corrected chi connectivity index (χ0v) is 13.1. The highest BCUT2D eigenvalue weighted by atomic mass is 35.5. The predicted molar refractivity (Wildman–Crippen MR) is 88.9 cm³/mol. The van der Waals surface area contributed by atoms with E-state index in [0.717, 1.165) is 16.7 Å². The van der Waals surface area contributed by atoms with Gasteiger partial charge in [-0.2, -0.15) is 0 Å². The molecule has 2 aromatic carbocycles. The first-order chi connectivity index (χ1) is 9.94. The van der Waals surface area contributed by atoms with Crippen LogP contribution in [0.1, 0.15) is 11.1 Å². The minimum atomic E-state index is 0.374. The third-order valence-corrected chi connectivity index (χ3v) is 3.73. The van der Waals surface area contributed by atoms with Crippen molar-refractivity contribution in [3.8, 4) is 11.4 Å². The fourth-order valence-corrected chi connectivity index (χ4v) is 2.95. The van der Waals surface area contributed by atoms with Crippen LogP contribution in [0.25, 0.3) is 22.3 Å². The van der Waals surface area contributed by atoms with E-state index in [1.165, 1.54) is 0 Å². The molecule has 0 aliphatic carbocycles. The number of nitrogens with two attached hydrogens (primary N) is 1. The molecule has 0 atom stereocenters. The standard InChI is InChI=1S/C16H13Cl2N3/c1-8-3-9(2)5-10(4-8)16-20-14-12(15(19)21-16)6-11(17)7-13(14)18/h3-7H,1-2H3,(H2,19,20,21). The summed E-state index contributed by atoms with van der Waals surface area (Å²) < 4.78 is 0. The van der Waals surface area contributed by atoms with Gasteiger partial charge in [-0.1, -0.05) is 40.4 Å². The summed E-state index contributed by atoms with van der Waals surface area (Å²) in [5.41, 5.74) is 9.87. The lowest BCUT2D eigenvalue weighted by Gasteiger charge is -2.09. The van der Waals surface area contributed by atoms with E-state index in [-0.39, 0.29) is 0 Å². The zero-order valence-electron chi connectivity index (χ0n) is 11.6. The van der Waals surface area contributed by atoms with Crippen molar-refractivity contribution in [1.82, 2.24) is 9.97 Å². The number of rotatable bonds is 1. The molecular formula is C16H13Cl2N3. The average molecular weight is 318 g/mol. The maximum atomic E-state index is 6.23. The van der Waals surface area contributed by atoms with Crippen molar-refractivity contribution >= 4 is 39.9 Å². The Morgan fingerprint density at radius 1 is 0.905 bits per heavy atom. The number of nitrogen functional groups attached to an aromatic ring is 1. The molecule has 21 heavy (non-hydrogen) atoms. The summed E-state index contributed by atoms with van der Waals surface area (Å²) in [6.07, 6.45) is 0. The van der Waals surface area contributed by atoms with Gasteiger partial charge in [0.15, 0.2) is 5.82 Å². The lowest BCUT2D eigenvalue weighted by Crippen LogP contribution is -1.99. The van der Waals surface area contributed by atoms with Gasteiger partial charge in [0, 0.05) is 16.0 Å². The van der Waals surface area contributed by atoms with Gasteiger partial charge in [-0.25, -0.2) is 9.97 Å². The summed E-state index contributed by atoms with van der Waals surface area (Å²) in [4.78, 5) is 8.93. The van der Waals surface area contributed by atoms with Crippen LogP contribution in [-0.4, -0.2) is 9.97 Å². The van der Waals surface area contributed by atoms with E-state index in [1.807, 2.05) is 26.0 Å². The first kappa shape index (κ1) is 14.1. The monoisotopic (exact) mass is 317 g/mol. The van der Waals surface area contributed by atoms with E-state index in [9.17, 15) is 0 Å². The third-order valence-electron chi connectivity index (χ3n) is 3.23. The summed E-state index contributed by atoms with van der Waals surface area (Å²) in [5, 5.41) is 1.65. The number of fused-ring (bicyclic) bond motifs is 1. The fourth-order valence-electron chi connectivity index (χ4n) is 2.41. The molecule has 0 aliphatic rings. The van der Waals surface area contributed by atoms with Crippen molar-refractivity contribution in [2.75, 3.05) is 5.73 Å². The number of aryl methyl sites for hydroxylation is 2. The molecule has 0 saturated heterocycles. The Morgan fingerprint density at radius 2 is 1.57 bits per heavy atom. The van der Waals surface area contributed by atoms with Crippen LogP contribution in [0.15, 0.2) is 30.3 Å². The first-order valence-corrected chi connectivity index (χ1v) is 7.20. The van der Waals surface area contributed by atoms with Gasteiger partial charge in [-0.15, -0.1) is 0 Å². The first-order valence-electron chi connectivity index (χ1n) is 6.45. The van der Waals surface area contributed by atoms with Crippen LogP contribution in [0.2, 0.25) is 10.0 Å². The quantitative estimate of drug-likeness (QED) is 0.701. The number of anilines is 1. The van der Waals surface area contributed by atoms with Crippen LogP contribution in [-0.2, 0) is 0 Å². The molecule has 5 heteroatoms. The smallest absolute Gasteiger partial charge is 0.162 e. The van der Waals surface area contributed by atoms with Gasteiger partial charge in [0.2, 0.25) is 0 Å². The van der Waals surface area contributed by atoms with Crippen molar-refractivity contribution in [1.29, 1.82) is 0 Å². The molecule has 106 valence electrons. The predicted octanol–water partition coefficient (Wildman–Crippen LogP) is 4.80. The van der Waals surface area contributed by atoms with Crippen LogP contribution in [0.3, 0.4) is 0 Å². The summed E-state index contributed by atoms with van der Waals surface area (Å²) in [5.74, 6) is 0.939. The second-order valence-electron chi connectivity index (χ2n) is 5.09. The molecule has 3 rings (SSSR count). The van der Waals surface area contributed by atoms with Crippen molar-refractivity contribution in [2.24, 2.45) is 0 Å². The Labute approximate surface area is 132 Å². The van der Waals surface area contributed by atoms with Gasteiger partial charge >= 0.3 is 0 Å². The average Bonchev–Trinajstić information content (AvgIpc) is 2.38. The van der Waals surface area contributed by atoms with Gasteiger partial charge in [0.05, 0.1) is 10.5 Å². The maximum Gasteiger partial charge on any atom is 0.162 e. The van der Waals surface area contributed by atoms with Crippen molar-refractivity contribution in [2.45, 2.75) is 13.8 Å². The fraction of sp³-hybridized carbons (Fsp3) is 0.125. The molecule has 0 unspecified atom stereocenters. The summed E-state index contributed by atoms with van der Waals surface area (Å²) in [7, 11) is 0. The van der Waals surface area contributed by atoms with E-state index in [2.05, 4.69) is 16.0 Å². The Hall–Kier alpha value is -1.84. The number of nitrogens with zero attached hydrogens (tertiary/aromatic N) is 2. The molecule has 3 nitrogen and oxygen atoms in total. The SMILES string of the molecule is Cc1cc(C)cc(-c2nc(N)c3cc(Cl)cc(Cl)c3n2)c1. The summed E-state index contributed by atoms with van der Waals surface area (Å²) >= 11 is 12.2. The minimum absolute atomic E-state index is 0.374. The van der Waals surface area contributed by atoms with Crippen LogP contribution < -0.4 is 5.73 Å². The van der Waals surface area contributed by atoms with E-state index in [1.54, 1.807) is 12.1 Å². The van der Waals surface area contributed by atoms with E-state index >= 15 is 0 Å². The van der Waals surface area contributed by atoms with E-state index in [0.29, 0.717) is 32.6 Å². The van der Waals surface area contributed by atoms with Crippen LogP contribution in [0.5, 0.6) is 0 Å². The molecule has 0 spiro atoms. The van der Waals surface area contributed by atoms with Crippen molar-refractivity contribution in [3.05, 3.63) is 51.5 Å². The van der Waals surface area contributed by atoms with Gasteiger partial charge < -0.3 is 5.73 Å². The Morgan fingerprint density at radius 3 is 2.24 bits per heavy atom. The molecule has 0 saturated carbocycles. The number of aromatic nitrogens is 2. The lowest BCUT2D eigenvalue weighted by atomic mass is 10.1. The summed E-state index contributed by atoms with van der Waals surface area (Å²) in [6.45, 7) is 4.07. The van der Waals surface area contributed by atoms with E-state index < -0.39 is 0 Å². The highest BCUT2D eigenvalue weighted by Crippen LogP contribution is 2.31. The minimum Gasteiger partial charge on any atom is -0.383 e. The lowest BCUT2D eigenvalue weighted by molar-refractivity contribution is 1.22. The number of hydrogen-bond donors (Lipinski definition) is 1. The molecule has 1 heterocycles. The van der Waals surface area contributed by atoms with Gasteiger partial charge in [0.1, 0.15) is 5.82 Å². The second kappa shape index (κ2) is 5.17. The Balaban J connectivity index is 2.30. The third kappa shape index (κ3) is 2.67. The Kier molecular flexibility index (Phi) is 3.47. The van der Waals surface area contributed by atoms with E-state index in [4.69, 9.17) is 28.9 Å². The highest BCUT2D eigenvalue weighted by Gasteiger charge is 2.11. The molecule has 0 fully saturated rings. The van der Waals surface area contributed by atoms with Crippen LogP contribution in [0.4, 0.5) is 5.82 Å². The van der Waals surface area contributed by atoms with Gasteiger partial charge in [-0.3, -0.25) is 0 Å². The molecule has 0 bridgehead atoms. The molecule has 2 N–H and O–H groups in total. The van der Waals surface area contributed by atoms with Crippen LogP contribution >= 0.6 is 23.2 Å². The summed E-state index contributed by atoms with van der Waals surface area (Å²) in [6, 6.07) is 9.53. The molecule has 0 amide bonds. The molecule has 0 aliphatic heterocycles. The second-order valence-corrected chi connectivity index (χ2v) is 5.94. The van der Waals surface area contributed by atoms with Crippen LogP contribution in [0, 0.1) is 13.8 Å². The van der Waals surface area contributed by atoms with Crippen molar-refractivity contribution < 1.29 is 0 Å². The molecule has 1 aromatic heterocycles. The topological polar surface area (TPSA) is 51.8 Å². The largest absolute Gasteiger partial charge is 0.383 e. The Bertz CT molecular complexity index is 840. The number of benzene rings is 2. The molecular weight excluding hydrogens is 305 g/mol. The van der Waals surface area contributed by atoms with Crippen molar-refractivity contribution in [3.63, 3.8) is 0 Å². The van der Waals surface area contributed by atoms with Gasteiger partial charge in [0.25, 0.3) is 0 Å². The number of hydrogen-bond acceptors (Lipinski definition) is 3. The normalized spacial score (nSPS) is 11.0. The molecule has 3 aromatic rings. The molecule has 0 radical (unpaired) electrons. The zero-order chi connectivity index (χ0) is 15.1.